The Hall–Kier alpha value is -4.50. The smallest absolute Gasteiger partial charge is 0.321 e. The van der Waals surface area contributed by atoms with Crippen LogP contribution in [0.3, 0.4) is 0 Å². The number of nitrogens with zero attached hydrogens (tertiary/aromatic N) is 7. The van der Waals surface area contributed by atoms with E-state index in [9.17, 15) is 4.79 Å². The molecule has 6 rings (SSSR count). The number of amides is 2. The second-order valence-electron chi connectivity index (χ2n) is 9.05. The lowest BCUT2D eigenvalue weighted by atomic mass is 10.2. The van der Waals surface area contributed by atoms with Crippen LogP contribution in [0.1, 0.15) is 5.69 Å². The standard InChI is InChI=1S/C28H25ClN8O/c1-19-11-12-21(17-30-19)37-25(22-9-5-6-10-23(22)29)34-24-26(31-18-32-27(24)37)35-13-15-36(16-14-35)28(38)33-20-7-3-2-4-8-20/h2-12,17-18H,13-16H2,1H3,(H,33,38). The molecule has 1 aliphatic rings. The van der Waals surface area contributed by atoms with E-state index in [0.717, 1.165) is 28.5 Å². The highest BCUT2D eigenvalue weighted by molar-refractivity contribution is 6.33. The highest BCUT2D eigenvalue weighted by Crippen LogP contribution is 2.34. The van der Waals surface area contributed by atoms with Gasteiger partial charge < -0.3 is 15.1 Å². The monoisotopic (exact) mass is 524 g/mol. The summed E-state index contributed by atoms with van der Waals surface area (Å²) >= 11 is 6.60. The Labute approximate surface area is 224 Å². The SMILES string of the molecule is Cc1ccc(-n2c(-c3ccccc3Cl)nc3c(N4CCN(C(=O)Nc5ccccc5)CC4)ncnc32)cn1. The molecule has 2 aromatic carbocycles. The van der Waals surface area contributed by atoms with Crippen molar-refractivity contribution in [2.45, 2.75) is 6.92 Å². The van der Waals surface area contributed by atoms with Gasteiger partial charge in [0.15, 0.2) is 17.0 Å². The van der Waals surface area contributed by atoms with Crippen LogP contribution < -0.4 is 10.2 Å². The third-order valence-electron chi connectivity index (χ3n) is 6.59. The number of imidazole rings is 1. The van der Waals surface area contributed by atoms with Crippen LogP contribution in [0.4, 0.5) is 16.3 Å². The maximum absolute atomic E-state index is 12.8. The van der Waals surface area contributed by atoms with Gasteiger partial charge in [-0.25, -0.2) is 19.7 Å². The van der Waals surface area contributed by atoms with Gasteiger partial charge in [0.25, 0.3) is 0 Å². The Morgan fingerprint density at radius 1 is 0.895 bits per heavy atom. The number of aromatic nitrogens is 5. The Morgan fingerprint density at radius 2 is 1.66 bits per heavy atom. The number of rotatable bonds is 4. The van der Waals surface area contributed by atoms with Crippen molar-refractivity contribution in [3.63, 3.8) is 0 Å². The highest BCUT2D eigenvalue weighted by atomic mass is 35.5. The van der Waals surface area contributed by atoms with Crippen molar-refractivity contribution in [2.75, 3.05) is 36.4 Å². The topological polar surface area (TPSA) is 92.1 Å². The zero-order valence-corrected chi connectivity index (χ0v) is 21.5. The van der Waals surface area contributed by atoms with E-state index in [1.54, 1.807) is 6.33 Å². The maximum Gasteiger partial charge on any atom is 0.321 e. The van der Waals surface area contributed by atoms with E-state index in [-0.39, 0.29) is 6.03 Å². The molecule has 0 unspecified atom stereocenters. The Kier molecular flexibility index (Phi) is 6.35. The largest absolute Gasteiger partial charge is 0.351 e. The molecule has 0 bridgehead atoms. The average Bonchev–Trinajstić information content (AvgIpc) is 3.34. The van der Waals surface area contributed by atoms with E-state index in [1.807, 2.05) is 89.3 Å². The first-order chi connectivity index (χ1) is 18.6. The van der Waals surface area contributed by atoms with Crippen molar-refractivity contribution in [2.24, 2.45) is 0 Å². The van der Waals surface area contributed by atoms with Crippen molar-refractivity contribution in [3.8, 4) is 17.1 Å². The number of fused-ring (bicyclic) bond motifs is 1. The van der Waals surface area contributed by atoms with Gasteiger partial charge in [-0.05, 0) is 43.3 Å². The number of pyridine rings is 1. The summed E-state index contributed by atoms with van der Waals surface area (Å²) in [6.07, 6.45) is 3.37. The Bertz CT molecular complexity index is 1600. The van der Waals surface area contributed by atoms with Crippen molar-refractivity contribution in [3.05, 3.63) is 90.0 Å². The number of hydrogen-bond acceptors (Lipinski definition) is 6. The minimum atomic E-state index is -0.110. The summed E-state index contributed by atoms with van der Waals surface area (Å²) in [6, 6.07) is 20.9. The summed E-state index contributed by atoms with van der Waals surface area (Å²) < 4.78 is 1.97. The third-order valence-corrected chi connectivity index (χ3v) is 6.91. The summed E-state index contributed by atoms with van der Waals surface area (Å²) in [5, 5.41) is 3.56. The number of urea groups is 1. The fourth-order valence-corrected chi connectivity index (χ4v) is 4.84. The van der Waals surface area contributed by atoms with Crippen LogP contribution in [-0.2, 0) is 0 Å². The van der Waals surface area contributed by atoms with Gasteiger partial charge >= 0.3 is 6.03 Å². The molecule has 38 heavy (non-hydrogen) atoms. The molecule has 5 aromatic rings. The molecule has 190 valence electrons. The average molecular weight is 525 g/mol. The fourth-order valence-electron chi connectivity index (χ4n) is 4.62. The predicted molar refractivity (Wildman–Crippen MR) is 149 cm³/mol. The molecule has 0 saturated carbocycles. The van der Waals surface area contributed by atoms with Crippen molar-refractivity contribution < 1.29 is 4.79 Å². The molecule has 0 atom stereocenters. The summed E-state index contributed by atoms with van der Waals surface area (Å²) in [5.41, 5.74) is 4.66. The summed E-state index contributed by atoms with van der Waals surface area (Å²) in [7, 11) is 0. The van der Waals surface area contributed by atoms with Gasteiger partial charge in [-0.2, -0.15) is 0 Å². The molecule has 1 aliphatic heterocycles. The lowest BCUT2D eigenvalue weighted by Gasteiger charge is -2.35. The maximum atomic E-state index is 12.8. The number of piperazine rings is 1. The van der Waals surface area contributed by atoms with Crippen molar-refractivity contribution >= 4 is 40.3 Å². The Balaban J connectivity index is 1.34. The molecular formula is C28H25ClN8O. The van der Waals surface area contributed by atoms with Crippen LogP contribution in [0.5, 0.6) is 0 Å². The minimum absolute atomic E-state index is 0.110. The second-order valence-corrected chi connectivity index (χ2v) is 9.46. The molecule has 3 aromatic heterocycles. The van der Waals surface area contributed by atoms with Gasteiger partial charge in [-0.15, -0.1) is 0 Å². The number of aryl methyl sites for hydroxylation is 1. The van der Waals surface area contributed by atoms with E-state index in [1.165, 1.54) is 0 Å². The van der Waals surface area contributed by atoms with Gasteiger partial charge in [0.2, 0.25) is 0 Å². The summed E-state index contributed by atoms with van der Waals surface area (Å²) in [6.45, 7) is 4.31. The number of hydrogen-bond donors (Lipinski definition) is 1. The van der Waals surface area contributed by atoms with Crippen molar-refractivity contribution in [1.82, 2.24) is 29.4 Å². The second kappa shape index (κ2) is 10.1. The lowest BCUT2D eigenvalue weighted by Crippen LogP contribution is -2.50. The minimum Gasteiger partial charge on any atom is -0.351 e. The van der Waals surface area contributed by atoms with Crippen molar-refractivity contribution in [1.29, 1.82) is 0 Å². The molecule has 9 nitrogen and oxygen atoms in total. The molecular weight excluding hydrogens is 500 g/mol. The van der Waals surface area contributed by atoms with Gasteiger partial charge in [0, 0.05) is 43.1 Å². The highest BCUT2D eigenvalue weighted by Gasteiger charge is 2.26. The normalized spacial score (nSPS) is 13.6. The Morgan fingerprint density at radius 3 is 2.39 bits per heavy atom. The fraction of sp³-hybridized carbons (Fsp3) is 0.179. The molecule has 4 heterocycles. The van der Waals surface area contributed by atoms with Gasteiger partial charge in [0.1, 0.15) is 12.2 Å². The molecule has 0 aliphatic carbocycles. The van der Waals surface area contributed by atoms with Crippen LogP contribution in [-0.4, -0.2) is 61.6 Å². The first-order valence-corrected chi connectivity index (χ1v) is 12.7. The number of carbonyl (C=O) groups is 1. The molecule has 1 N–H and O–H groups in total. The molecule has 1 fully saturated rings. The first kappa shape index (κ1) is 23.9. The van der Waals surface area contributed by atoms with Gasteiger partial charge in [-0.3, -0.25) is 9.55 Å². The van der Waals surface area contributed by atoms with E-state index < -0.39 is 0 Å². The number of anilines is 2. The summed E-state index contributed by atoms with van der Waals surface area (Å²) in [5.74, 6) is 1.39. The van der Waals surface area contributed by atoms with E-state index >= 15 is 0 Å². The van der Waals surface area contributed by atoms with E-state index in [0.29, 0.717) is 48.2 Å². The summed E-state index contributed by atoms with van der Waals surface area (Å²) in [4.78, 5) is 35.5. The van der Waals surface area contributed by atoms with E-state index in [2.05, 4.69) is 25.2 Å². The van der Waals surface area contributed by atoms with Crippen LogP contribution in [0.15, 0.2) is 79.3 Å². The number of halogens is 1. The molecule has 0 radical (unpaired) electrons. The van der Waals surface area contributed by atoms with Crippen LogP contribution in [0, 0.1) is 6.92 Å². The number of carbonyl (C=O) groups excluding carboxylic acids is 1. The number of benzene rings is 2. The lowest BCUT2D eigenvalue weighted by molar-refractivity contribution is 0.208. The molecule has 10 heteroatoms. The van der Waals surface area contributed by atoms with Gasteiger partial charge in [-0.1, -0.05) is 41.9 Å². The molecule has 2 amide bonds. The molecule has 0 spiro atoms. The van der Waals surface area contributed by atoms with Gasteiger partial charge in [0.05, 0.1) is 16.9 Å². The molecule has 1 saturated heterocycles. The predicted octanol–water partition coefficient (Wildman–Crippen LogP) is 5.19. The van der Waals surface area contributed by atoms with Crippen LogP contribution in [0.25, 0.3) is 28.2 Å². The van der Waals surface area contributed by atoms with Crippen LogP contribution >= 0.6 is 11.6 Å². The van der Waals surface area contributed by atoms with Crippen LogP contribution in [0.2, 0.25) is 5.02 Å². The van der Waals surface area contributed by atoms with E-state index in [4.69, 9.17) is 16.6 Å². The first-order valence-electron chi connectivity index (χ1n) is 12.4. The quantitative estimate of drug-likeness (QED) is 0.348. The number of para-hydroxylation sites is 1. The zero-order valence-electron chi connectivity index (χ0n) is 20.8. The number of nitrogens with one attached hydrogen (secondary N) is 1. The zero-order chi connectivity index (χ0) is 26.1. The third kappa shape index (κ3) is 4.52.